The number of aliphatic hydroxyl groups is 1. The molecule has 0 saturated heterocycles. The smallest absolute Gasteiger partial charge is 0.223 e. The molecule has 0 spiro atoms. The Labute approximate surface area is 123 Å². The van der Waals surface area contributed by atoms with Gasteiger partial charge in [0.2, 0.25) is 5.91 Å². The maximum Gasteiger partial charge on any atom is 0.223 e. The van der Waals surface area contributed by atoms with E-state index in [9.17, 15) is 18.7 Å². The molecular formula is C16H21F2NO2. The van der Waals surface area contributed by atoms with E-state index in [1.165, 1.54) is 0 Å². The summed E-state index contributed by atoms with van der Waals surface area (Å²) < 4.78 is 26.7. The standard InChI is InChI=1S/C16H21F2NO2/c1-9(2)15(20)5-6-19-16(21)13-8-11(13)12-7-10(17)3-4-14(12)18/h3-4,7,9,11,13,15,20H,5-6,8H2,1-2H3,(H,19,21). The number of hydrogen-bond acceptors (Lipinski definition) is 2. The predicted octanol–water partition coefficient (Wildman–Crippen LogP) is 2.59. The minimum Gasteiger partial charge on any atom is -0.393 e. The Balaban J connectivity index is 1.83. The molecule has 1 saturated carbocycles. The van der Waals surface area contributed by atoms with Crippen molar-refractivity contribution in [1.29, 1.82) is 0 Å². The Kier molecular flexibility index (Phi) is 4.93. The van der Waals surface area contributed by atoms with Crippen molar-refractivity contribution in [2.45, 2.75) is 38.7 Å². The van der Waals surface area contributed by atoms with E-state index in [0.29, 0.717) is 19.4 Å². The van der Waals surface area contributed by atoms with Crippen molar-refractivity contribution in [2.75, 3.05) is 6.54 Å². The summed E-state index contributed by atoms with van der Waals surface area (Å²) in [5, 5.41) is 12.4. The van der Waals surface area contributed by atoms with E-state index < -0.39 is 17.7 Å². The largest absolute Gasteiger partial charge is 0.393 e. The number of benzene rings is 1. The third-order valence-electron chi connectivity index (χ3n) is 3.99. The number of aliphatic hydroxyl groups excluding tert-OH is 1. The molecule has 1 fully saturated rings. The SMILES string of the molecule is CC(C)C(O)CCNC(=O)C1CC1c1cc(F)ccc1F. The predicted molar refractivity (Wildman–Crippen MR) is 75.7 cm³/mol. The molecule has 0 bridgehead atoms. The fraction of sp³-hybridized carbons (Fsp3) is 0.562. The van der Waals surface area contributed by atoms with Crippen LogP contribution in [-0.4, -0.2) is 23.7 Å². The van der Waals surface area contributed by atoms with Gasteiger partial charge in [-0.15, -0.1) is 0 Å². The number of hydrogen-bond donors (Lipinski definition) is 2. The lowest BCUT2D eigenvalue weighted by atomic mass is 10.0. The molecule has 0 aliphatic heterocycles. The van der Waals surface area contributed by atoms with Crippen molar-refractivity contribution in [3.8, 4) is 0 Å². The first-order chi connectivity index (χ1) is 9.90. The Bertz CT molecular complexity index is 519. The van der Waals surface area contributed by atoms with E-state index in [1.807, 2.05) is 13.8 Å². The Morgan fingerprint density at radius 2 is 2.14 bits per heavy atom. The summed E-state index contributed by atoms with van der Waals surface area (Å²) in [5.41, 5.74) is 0.275. The van der Waals surface area contributed by atoms with Crippen LogP contribution in [0.1, 0.15) is 38.2 Å². The highest BCUT2D eigenvalue weighted by molar-refractivity contribution is 5.82. The summed E-state index contributed by atoms with van der Waals surface area (Å²) >= 11 is 0. The van der Waals surface area contributed by atoms with Crippen LogP contribution < -0.4 is 5.32 Å². The lowest BCUT2D eigenvalue weighted by Crippen LogP contribution is -2.30. The zero-order valence-electron chi connectivity index (χ0n) is 12.3. The summed E-state index contributed by atoms with van der Waals surface area (Å²) in [6.45, 7) is 4.22. The molecule has 3 atom stereocenters. The van der Waals surface area contributed by atoms with Crippen molar-refractivity contribution in [2.24, 2.45) is 11.8 Å². The lowest BCUT2D eigenvalue weighted by Gasteiger charge is -2.14. The number of nitrogens with one attached hydrogen (secondary N) is 1. The number of rotatable bonds is 6. The van der Waals surface area contributed by atoms with E-state index in [1.54, 1.807) is 0 Å². The number of carbonyl (C=O) groups excluding carboxylic acids is 1. The fourth-order valence-corrected chi connectivity index (χ4v) is 2.43. The van der Waals surface area contributed by atoms with Crippen LogP contribution >= 0.6 is 0 Å². The van der Waals surface area contributed by atoms with Gasteiger partial charge in [-0.25, -0.2) is 8.78 Å². The highest BCUT2D eigenvalue weighted by Gasteiger charge is 2.45. The number of carbonyl (C=O) groups is 1. The fourth-order valence-electron chi connectivity index (χ4n) is 2.43. The highest BCUT2D eigenvalue weighted by Crippen LogP contribution is 2.48. The zero-order valence-corrected chi connectivity index (χ0v) is 12.3. The van der Waals surface area contributed by atoms with Gasteiger partial charge >= 0.3 is 0 Å². The zero-order chi connectivity index (χ0) is 15.6. The molecule has 21 heavy (non-hydrogen) atoms. The van der Waals surface area contributed by atoms with Crippen molar-refractivity contribution in [1.82, 2.24) is 5.32 Å². The van der Waals surface area contributed by atoms with Crippen molar-refractivity contribution < 1.29 is 18.7 Å². The molecule has 1 amide bonds. The molecule has 0 radical (unpaired) electrons. The minimum absolute atomic E-state index is 0.150. The molecule has 2 rings (SSSR count). The first kappa shape index (κ1) is 15.9. The third-order valence-corrected chi connectivity index (χ3v) is 3.99. The first-order valence-electron chi connectivity index (χ1n) is 7.31. The Hall–Kier alpha value is -1.49. The molecule has 1 aliphatic carbocycles. The van der Waals surface area contributed by atoms with Crippen LogP contribution in [0.15, 0.2) is 18.2 Å². The van der Waals surface area contributed by atoms with Crippen molar-refractivity contribution in [3.05, 3.63) is 35.4 Å². The molecule has 1 aliphatic rings. The molecule has 5 heteroatoms. The van der Waals surface area contributed by atoms with Crippen LogP contribution in [-0.2, 0) is 4.79 Å². The van der Waals surface area contributed by atoms with Crippen LogP contribution in [0.3, 0.4) is 0 Å². The average Bonchev–Trinajstić information content (AvgIpc) is 3.21. The second-order valence-corrected chi connectivity index (χ2v) is 6.01. The molecule has 3 nitrogen and oxygen atoms in total. The normalized spacial score (nSPS) is 22.2. The quantitative estimate of drug-likeness (QED) is 0.848. The molecule has 0 heterocycles. The third kappa shape index (κ3) is 4.00. The van der Waals surface area contributed by atoms with Crippen molar-refractivity contribution in [3.63, 3.8) is 0 Å². The monoisotopic (exact) mass is 297 g/mol. The summed E-state index contributed by atoms with van der Waals surface area (Å²) in [7, 11) is 0. The van der Waals surface area contributed by atoms with Gasteiger partial charge in [-0.1, -0.05) is 13.8 Å². The van der Waals surface area contributed by atoms with E-state index in [2.05, 4.69) is 5.32 Å². The topological polar surface area (TPSA) is 49.3 Å². The van der Waals surface area contributed by atoms with E-state index in [0.717, 1.165) is 18.2 Å². The van der Waals surface area contributed by atoms with Gasteiger partial charge in [0.1, 0.15) is 11.6 Å². The minimum atomic E-state index is -0.488. The molecule has 3 unspecified atom stereocenters. The van der Waals surface area contributed by atoms with Gasteiger partial charge in [-0.05, 0) is 48.4 Å². The van der Waals surface area contributed by atoms with Gasteiger partial charge < -0.3 is 10.4 Å². The molecular weight excluding hydrogens is 276 g/mol. The summed E-state index contributed by atoms with van der Waals surface area (Å²) in [5.74, 6) is -1.49. The van der Waals surface area contributed by atoms with Gasteiger partial charge in [0.05, 0.1) is 6.10 Å². The van der Waals surface area contributed by atoms with Crippen molar-refractivity contribution >= 4 is 5.91 Å². The molecule has 1 aromatic carbocycles. The molecule has 1 aromatic rings. The van der Waals surface area contributed by atoms with Crippen LogP contribution in [0.2, 0.25) is 0 Å². The van der Waals surface area contributed by atoms with Gasteiger partial charge in [-0.2, -0.15) is 0 Å². The van der Waals surface area contributed by atoms with Crippen LogP contribution in [0.4, 0.5) is 8.78 Å². The first-order valence-corrected chi connectivity index (χ1v) is 7.31. The highest BCUT2D eigenvalue weighted by atomic mass is 19.1. The summed E-state index contributed by atoms with van der Waals surface area (Å²) in [6.07, 6.45) is 0.592. The lowest BCUT2D eigenvalue weighted by molar-refractivity contribution is -0.122. The summed E-state index contributed by atoms with van der Waals surface area (Å²) in [6, 6.07) is 3.33. The number of amides is 1. The molecule has 0 aromatic heterocycles. The average molecular weight is 297 g/mol. The van der Waals surface area contributed by atoms with Gasteiger partial charge in [0.15, 0.2) is 0 Å². The van der Waals surface area contributed by atoms with Gasteiger partial charge in [0, 0.05) is 12.5 Å². The van der Waals surface area contributed by atoms with Gasteiger partial charge in [0.25, 0.3) is 0 Å². The number of halogens is 2. The maximum absolute atomic E-state index is 13.6. The van der Waals surface area contributed by atoms with Crippen LogP contribution in [0.25, 0.3) is 0 Å². The second kappa shape index (κ2) is 6.52. The van der Waals surface area contributed by atoms with E-state index in [4.69, 9.17) is 0 Å². The van der Waals surface area contributed by atoms with Gasteiger partial charge in [-0.3, -0.25) is 4.79 Å². The Morgan fingerprint density at radius 1 is 1.43 bits per heavy atom. The van der Waals surface area contributed by atoms with Crippen LogP contribution in [0.5, 0.6) is 0 Å². The summed E-state index contributed by atoms with van der Waals surface area (Å²) in [4.78, 5) is 11.9. The maximum atomic E-state index is 13.6. The van der Waals surface area contributed by atoms with E-state index >= 15 is 0 Å². The van der Waals surface area contributed by atoms with Crippen LogP contribution in [0, 0.1) is 23.5 Å². The molecule has 116 valence electrons. The second-order valence-electron chi connectivity index (χ2n) is 6.01. The van der Waals surface area contributed by atoms with E-state index in [-0.39, 0.29) is 29.2 Å². The molecule has 2 N–H and O–H groups in total. The Morgan fingerprint density at radius 3 is 2.81 bits per heavy atom.